The average molecular weight is 512 g/mol. The number of nitrogens with zero attached hydrogens (tertiary/aromatic N) is 4. The predicted octanol–water partition coefficient (Wildman–Crippen LogP) is 3.67. The number of hydrogen-bond donors (Lipinski definition) is 2. The van der Waals surface area contributed by atoms with E-state index in [2.05, 4.69) is 90.0 Å². The van der Waals surface area contributed by atoms with Crippen LogP contribution in [0.1, 0.15) is 37.8 Å². The van der Waals surface area contributed by atoms with Gasteiger partial charge in [0.05, 0.1) is 6.20 Å². The van der Waals surface area contributed by atoms with Gasteiger partial charge in [0.2, 0.25) is 0 Å². The van der Waals surface area contributed by atoms with Gasteiger partial charge in [0, 0.05) is 45.0 Å². The van der Waals surface area contributed by atoms with Gasteiger partial charge in [0.15, 0.2) is 5.96 Å². The molecule has 162 valence electrons. The van der Waals surface area contributed by atoms with Crippen molar-refractivity contribution in [2.45, 2.75) is 52.7 Å². The molecule has 0 fully saturated rings. The Hall–Kier alpha value is -1.61. The molecule has 1 unspecified atom stereocenters. The van der Waals surface area contributed by atoms with Crippen LogP contribution in [-0.4, -0.2) is 53.4 Å². The predicted molar refractivity (Wildman–Crippen MR) is 133 cm³/mol. The summed E-state index contributed by atoms with van der Waals surface area (Å²) in [6.45, 7) is 10.9. The number of aliphatic imine (C=N–C) groups is 1. The van der Waals surface area contributed by atoms with Gasteiger partial charge in [0.1, 0.15) is 0 Å². The summed E-state index contributed by atoms with van der Waals surface area (Å²) in [5.74, 6) is 0.900. The first-order chi connectivity index (χ1) is 13.6. The standard InChI is InChI=1S/C22H36N6.HI/c1-5-23-22(24-13-9-15-28-17-19(2)16-26-28)25-14-12-20(3)27(4)18-21-10-7-6-8-11-21;/h6-8,10-11,16-17,20H,5,9,12-15,18H2,1-4H3,(H2,23,24,25);1H. The van der Waals surface area contributed by atoms with Gasteiger partial charge in [-0.05, 0) is 51.8 Å². The second-order valence-electron chi connectivity index (χ2n) is 7.36. The summed E-state index contributed by atoms with van der Waals surface area (Å²) >= 11 is 0. The molecule has 6 nitrogen and oxygen atoms in total. The quantitative estimate of drug-likeness (QED) is 0.209. The van der Waals surface area contributed by atoms with Crippen molar-refractivity contribution in [2.75, 3.05) is 26.7 Å². The Labute approximate surface area is 193 Å². The zero-order valence-electron chi connectivity index (χ0n) is 18.3. The Balaban J connectivity index is 0.00000420. The van der Waals surface area contributed by atoms with Crippen LogP contribution >= 0.6 is 24.0 Å². The van der Waals surface area contributed by atoms with E-state index in [4.69, 9.17) is 0 Å². The van der Waals surface area contributed by atoms with Gasteiger partial charge >= 0.3 is 0 Å². The number of halogens is 1. The highest BCUT2D eigenvalue weighted by molar-refractivity contribution is 14.0. The summed E-state index contributed by atoms with van der Waals surface area (Å²) < 4.78 is 1.98. The Morgan fingerprint density at radius 3 is 2.66 bits per heavy atom. The molecule has 0 saturated carbocycles. The van der Waals surface area contributed by atoms with Crippen LogP contribution in [-0.2, 0) is 13.1 Å². The lowest BCUT2D eigenvalue weighted by atomic mass is 10.1. The second kappa shape index (κ2) is 14.4. The number of aryl methyl sites for hydroxylation is 2. The van der Waals surface area contributed by atoms with Gasteiger partial charge in [-0.3, -0.25) is 14.6 Å². The first-order valence-electron chi connectivity index (χ1n) is 10.3. The number of guanidine groups is 1. The van der Waals surface area contributed by atoms with E-state index >= 15 is 0 Å². The Kier molecular flexibility index (Phi) is 12.6. The fourth-order valence-corrected chi connectivity index (χ4v) is 3.00. The van der Waals surface area contributed by atoms with E-state index in [1.807, 2.05) is 10.9 Å². The first kappa shape index (κ1) is 25.4. The lowest BCUT2D eigenvalue weighted by molar-refractivity contribution is 0.238. The largest absolute Gasteiger partial charge is 0.357 e. The summed E-state index contributed by atoms with van der Waals surface area (Å²) in [7, 11) is 2.19. The van der Waals surface area contributed by atoms with Crippen LogP contribution in [0, 0.1) is 6.92 Å². The normalized spacial score (nSPS) is 12.5. The molecule has 0 bridgehead atoms. The molecule has 0 aliphatic heterocycles. The van der Waals surface area contributed by atoms with E-state index in [1.54, 1.807) is 0 Å². The summed E-state index contributed by atoms with van der Waals surface area (Å²) in [6.07, 6.45) is 6.01. The van der Waals surface area contributed by atoms with Crippen molar-refractivity contribution >= 4 is 29.9 Å². The number of rotatable bonds is 11. The van der Waals surface area contributed by atoms with Crippen LogP contribution in [0.25, 0.3) is 0 Å². The topological polar surface area (TPSA) is 57.5 Å². The minimum absolute atomic E-state index is 0. The van der Waals surface area contributed by atoms with Crippen molar-refractivity contribution in [1.82, 2.24) is 25.3 Å². The Bertz CT molecular complexity index is 700. The maximum absolute atomic E-state index is 4.68. The Morgan fingerprint density at radius 1 is 1.24 bits per heavy atom. The maximum Gasteiger partial charge on any atom is 0.191 e. The van der Waals surface area contributed by atoms with Crippen molar-refractivity contribution in [3.63, 3.8) is 0 Å². The smallest absolute Gasteiger partial charge is 0.191 e. The molecule has 2 rings (SSSR count). The molecule has 0 aliphatic carbocycles. The lowest BCUT2D eigenvalue weighted by Gasteiger charge is -2.25. The minimum Gasteiger partial charge on any atom is -0.357 e. The molecular weight excluding hydrogens is 475 g/mol. The molecule has 0 aliphatic rings. The van der Waals surface area contributed by atoms with Crippen molar-refractivity contribution in [3.8, 4) is 0 Å². The summed E-state index contributed by atoms with van der Waals surface area (Å²) in [5.41, 5.74) is 2.55. The molecule has 0 amide bonds. The summed E-state index contributed by atoms with van der Waals surface area (Å²) in [5, 5.41) is 11.1. The third-order valence-electron chi connectivity index (χ3n) is 4.80. The second-order valence-corrected chi connectivity index (χ2v) is 7.36. The first-order valence-corrected chi connectivity index (χ1v) is 10.3. The van der Waals surface area contributed by atoms with Crippen molar-refractivity contribution in [1.29, 1.82) is 0 Å². The van der Waals surface area contributed by atoms with Gasteiger partial charge < -0.3 is 10.6 Å². The highest BCUT2D eigenvalue weighted by Gasteiger charge is 2.09. The number of aromatic nitrogens is 2. The molecule has 2 aromatic rings. The zero-order valence-corrected chi connectivity index (χ0v) is 20.6. The van der Waals surface area contributed by atoms with Gasteiger partial charge in [0.25, 0.3) is 0 Å². The zero-order chi connectivity index (χ0) is 20.2. The fraction of sp³-hybridized carbons (Fsp3) is 0.545. The molecular formula is C22H37IN6. The monoisotopic (exact) mass is 512 g/mol. The van der Waals surface area contributed by atoms with Gasteiger partial charge in [-0.25, -0.2) is 0 Å². The van der Waals surface area contributed by atoms with E-state index in [1.165, 1.54) is 11.1 Å². The van der Waals surface area contributed by atoms with Gasteiger partial charge in [-0.15, -0.1) is 24.0 Å². The highest BCUT2D eigenvalue weighted by atomic mass is 127. The van der Waals surface area contributed by atoms with E-state index in [-0.39, 0.29) is 24.0 Å². The van der Waals surface area contributed by atoms with E-state index in [9.17, 15) is 0 Å². The highest BCUT2D eigenvalue weighted by Crippen LogP contribution is 2.07. The van der Waals surface area contributed by atoms with Crippen LogP contribution in [0.4, 0.5) is 0 Å². The molecule has 29 heavy (non-hydrogen) atoms. The fourth-order valence-electron chi connectivity index (χ4n) is 3.00. The van der Waals surface area contributed by atoms with Crippen molar-refractivity contribution < 1.29 is 0 Å². The van der Waals surface area contributed by atoms with E-state index in [0.717, 1.165) is 51.5 Å². The maximum atomic E-state index is 4.68. The van der Waals surface area contributed by atoms with Gasteiger partial charge in [-0.2, -0.15) is 5.10 Å². The molecule has 1 aromatic carbocycles. The summed E-state index contributed by atoms with van der Waals surface area (Å²) in [6, 6.07) is 11.1. The SMILES string of the molecule is CCNC(=NCCCn1cc(C)cn1)NCCC(C)N(C)Cc1ccccc1.I. The van der Waals surface area contributed by atoms with Crippen LogP contribution in [0.3, 0.4) is 0 Å². The third kappa shape index (κ3) is 10.1. The molecule has 0 saturated heterocycles. The molecule has 1 atom stereocenters. The van der Waals surface area contributed by atoms with Gasteiger partial charge in [-0.1, -0.05) is 30.3 Å². The molecule has 0 spiro atoms. The number of hydrogen-bond acceptors (Lipinski definition) is 3. The van der Waals surface area contributed by atoms with Crippen LogP contribution in [0.2, 0.25) is 0 Å². The van der Waals surface area contributed by atoms with Crippen molar-refractivity contribution in [2.24, 2.45) is 4.99 Å². The molecule has 1 aromatic heterocycles. The van der Waals surface area contributed by atoms with Crippen molar-refractivity contribution in [3.05, 3.63) is 53.9 Å². The van der Waals surface area contributed by atoms with E-state index in [0.29, 0.717) is 6.04 Å². The number of nitrogens with one attached hydrogen (secondary N) is 2. The summed E-state index contributed by atoms with van der Waals surface area (Å²) in [4.78, 5) is 7.08. The molecule has 1 heterocycles. The third-order valence-corrected chi connectivity index (χ3v) is 4.80. The van der Waals surface area contributed by atoms with Crippen LogP contribution in [0.15, 0.2) is 47.7 Å². The lowest BCUT2D eigenvalue weighted by Crippen LogP contribution is -2.40. The number of benzene rings is 1. The van der Waals surface area contributed by atoms with Crippen LogP contribution < -0.4 is 10.6 Å². The average Bonchev–Trinajstić information content (AvgIpc) is 3.11. The Morgan fingerprint density at radius 2 is 2.00 bits per heavy atom. The molecule has 7 heteroatoms. The molecule has 0 radical (unpaired) electrons. The minimum atomic E-state index is 0. The van der Waals surface area contributed by atoms with E-state index < -0.39 is 0 Å². The molecule has 2 N–H and O–H groups in total. The van der Waals surface area contributed by atoms with Crippen LogP contribution in [0.5, 0.6) is 0 Å².